The van der Waals surface area contributed by atoms with Crippen LogP contribution < -0.4 is 0 Å². The molecule has 0 spiro atoms. The summed E-state index contributed by atoms with van der Waals surface area (Å²) in [4.78, 5) is 8.67. The quantitative estimate of drug-likeness (QED) is 0.144. The molecule has 0 aliphatic carbocycles. The van der Waals surface area contributed by atoms with E-state index in [9.17, 15) is 0 Å². The molecular formula is C32H22IrN4-2. The second-order valence-corrected chi connectivity index (χ2v) is 8.23. The van der Waals surface area contributed by atoms with Gasteiger partial charge in [-0.05, 0) is 36.3 Å². The van der Waals surface area contributed by atoms with Crippen LogP contribution in [-0.4, -0.2) is 19.6 Å². The van der Waals surface area contributed by atoms with E-state index in [0.29, 0.717) is 0 Å². The Hall–Kier alpha value is -4.18. The Morgan fingerprint density at radius 1 is 0.757 bits per heavy atom. The first-order valence-corrected chi connectivity index (χ1v) is 11.5. The standard InChI is InChI=1S/C20H12N3.C12H10N.Ir/c1-2-7-14(8-3-1)17-13-19-15-9-4-5-10-16(15)20-18(23(19)22-17)11-6-12-21-20;1-10-7-8-12(13-9-10)11-5-3-2-4-6-11;/h1-9,11-13H;2-5,7-9H,1H3;/q2*-1;/i;1D3;. The van der Waals surface area contributed by atoms with Crippen molar-refractivity contribution in [2.24, 2.45) is 0 Å². The molecule has 7 rings (SSSR count). The summed E-state index contributed by atoms with van der Waals surface area (Å²) in [5.74, 6) is 0. The number of hydrogen-bond donors (Lipinski definition) is 0. The number of aryl methyl sites for hydroxylation is 1. The summed E-state index contributed by atoms with van der Waals surface area (Å²) in [5.41, 5.74) is 6.93. The van der Waals surface area contributed by atoms with Crippen LogP contribution in [0.25, 0.3) is 49.8 Å². The SMILES string of the molecule is [2H]C([2H])([2H])c1ccc(-c2[c-]cccc2)nc1.[Ir].[c-]1cccc2c1c1ncccc1n1nc(-c3ccccc3)cc21. The first-order valence-electron chi connectivity index (χ1n) is 13.0. The molecule has 37 heavy (non-hydrogen) atoms. The van der Waals surface area contributed by atoms with Gasteiger partial charge < -0.3 is 9.97 Å². The smallest absolute Gasteiger partial charge is 0.0925 e. The Balaban J connectivity index is 0.000000168. The van der Waals surface area contributed by atoms with Crippen molar-refractivity contribution in [3.05, 3.63) is 133 Å². The fourth-order valence-corrected chi connectivity index (χ4v) is 4.22. The molecule has 3 aromatic carbocycles. The molecule has 0 saturated carbocycles. The van der Waals surface area contributed by atoms with Gasteiger partial charge in [0.2, 0.25) is 0 Å². The van der Waals surface area contributed by atoms with Crippen LogP contribution >= 0.6 is 0 Å². The van der Waals surface area contributed by atoms with Crippen LogP contribution in [0.5, 0.6) is 0 Å². The van der Waals surface area contributed by atoms with Crippen LogP contribution in [0.4, 0.5) is 0 Å². The first-order chi connectivity index (χ1) is 19.0. The zero-order valence-corrected chi connectivity index (χ0v) is 22.0. The maximum atomic E-state index is 7.23. The van der Waals surface area contributed by atoms with Gasteiger partial charge in [-0.3, -0.25) is 0 Å². The van der Waals surface area contributed by atoms with E-state index in [4.69, 9.17) is 9.21 Å². The van der Waals surface area contributed by atoms with Crippen LogP contribution in [0.2, 0.25) is 0 Å². The number of aromatic nitrogens is 4. The number of fused-ring (bicyclic) bond motifs is 6. The van der Waals surface area contributed by atoms with Gasteiger partial charge in [-0.15, -0.1) is 65.5 Å². The van der Waals surface area contributed by atoms with E-state index < -0.39 is 6.85 Å². The molecule has 0 aliphatic rings. The van der Waals surface area contributed by atoms with Crippen molar-refractivity contribution in [3.63, 3.8) is 0 Å². The van der Waals surface area contributed by atoms with E-state index in [-0.39, 0.29) is 25.7 Å². The summed E-state index contributed by atoms with van der Waals surface area (Å²) in [5, 5.41) is 6.98. The van der Waals surface area contributed by atoms with Crippen LogP contribution in [0.3, 0.4) is 0 Å². The maximum Gasteiger partial charge on any atom is 0.0925 e. The zero-order chi connectivity index (χ0) is 26.8. The molecule has 0 fully saturated rings. The first kappa shape index (κ1) is 21.0. The number of nitrogens with zero attached hydrogens (tertiary/aromatic N) is 4. The monoisotopic (exact) mass is 658 g/mol. The second kappa shape index (κ2) is 10.8. The van der Waals surface area contributed by atoms with Gasteiger partial charge in [0.15, 0.2) is 0 Å². The predicted octanol–water partition coefficient (Wildman–Crippen LogP) is 7.36. The largest absolute Gasteiger partial charge is 0.304 e. The average Bonchev–Trinajstić information content (AvgIpc) is 3.45. The zero-order valence-electron chi connectivity index (χ0n) is 22.6. The third-order valence-electron chi connectivity index (χ3n) is 5.91. The van der Waals surface area contributed by atoms with Gasteiger partial charge in [0.05, 0.1) is 5.69 Å². The van der Waals surface area contributed by atoms with E-state index in [1.54, 1.807) is 18.2 Å². The summed E-state index contributed by atoms with van der Waals surface area (Å²) >= 11 is 0. The van der Waals surface area contributed by atoms with Gasteiger partial charge >= 0.3 is 0 Å². The molecule has 0 saturated heterocycles. The van der Waals surface area contributed by atoms with E-state index in [0.717, 1.165) is 49.8 Å². The van der Waals surface area contributed by atoms with E-state index in [1.165, 1.54) is 6.20 Å². The van der Waals surface area contributed by atoms with Crippen LogP contribution in [-0.2, 0) is 20.1 Å². The topological polar surface area (TPSA) is 43.1 Å². The number of rotatable bonds is 2. The van der Waals surface area contributed by atoms with Crippen molar-refractivity contribution in [3.8, 4) is 22.5 Å². The molecule has 0 atom stereocenters. The van der Waals surface area contributed by atoms with Gasteiger partial charge in [0.1, 0.15) is 0 Å². The predicted molar refractivity (Wildman–Crippen MR) is 146 cm³/mol. The van der Waals surface area contributed by atoms with Crippen molar-refractivity contribution >= 4 is 27.3 Å². The van der Waals surface area contributed by atoms with Gasteiger partial charge in [-0.2, -0.15) is 5.10 Å². The molecule has 4 heterocycles. The van der Waals surface area contributed by atoms with E-state index in [2.05, 4.69) is 52.4 Å². The molecule has 4 aromatic heterocycles. The van der Waals surface area contributed by atoms with Gasteiger partial charge in [0.25, 0.3) is 0 Å². The van der Waals surface area contributed by atoms with Crippen LogP contribution in [0, 0.1) is 19.0 Å². The minimum absolute atomic E-state index is 0. The molecule has 0 aliphatic heterocycles. The Kier molecular flexibility index (Phi) is 6.14. The number of pyridine rings is 3. The summed E-state index contributed by atoms with van der Waals surface area (Å²) in [6.07, 6.45) is 3.21. The van der Waals surface area contributed by atoms with Crippen LogP contribution in [0.1, 0.15) is 9.68 Å². The molecule has 4 nitrogen and oxygen atoms in total. The molecular weight excluding hydrogens is 633 g/mol. The fourth-order valence-electron chi connectivity index (χ4n) is 4.22. The molecule has 1 radical (unpaired) electrons. The maximum absolute atomic E-state index is 7.23. The molecule has 0 unspecified atom stereocenters. The number of hydrogen-bond acceptors (Lipinski definition) is 3. The Morgan fingerprint density at radius 2 is 1.62 bits per heavy atom. The normalized spacial score (nSPS) is 12.2. The Bertz CT molecular complexity index is 1810. The van der Waals surface area contributed by atoms with E-state index >= 15 is 0 Å². The third-order valence-corrected chi connectivity index (χ3v) is 5.91. The summed E-state index contributed by atoms with van der Waals surface area (Å²) in [6.45, 7) is -2.09. The second-order valence-electron chi connectivity index (χ2n) is 8.23. The minimum atomic E-state index is -2.09. The van der Waals surface area contributed by atoms with Crippen molar-refractivity contribution in [1.82, 2.24) is 19.6 Å². The molecule has 5 heteroatoms. The van der Waals surface area contributed by atoms with Gasteiger partial charge in [-0.25, -0.2) is 4.52 Å². The van der Waals surface area contributed by atoms with Crippen molar-refractivity contribution in [2.75, 3.05) is 0 Å². The Labute approximate surface area is 233 Å². The molecule has 0 amide bonds. The summed E-state index contributed by atoms with van der Waals surface area (Å²) in [7, 11) is 0. The molecule has 0 N–H and O–H groups in total. The van der Waals surface area contributed by atoms with Gasteiger partial charge in [-0.1, -0.05) is 47.9 Å². The summed E-state index contributed by atoms with van der Waals surface area (Å²) < 4.78 is 23.7. The molecule has 181 valence electrons. The minimum Gasteiger partial charge on any atom is -0.304 e. The van der Waals surface area contributed by atoms with E-state index in [1.807, 2.05) is 65.3 Å². The third kappa shape index (κ3) is 4.92. The van der Waals surface area contributed by atoms with Gasteiger partial charge in [0, 0.05) is 58.7 Å². The molecule has 0 bridgehead atoms. The summed E-state index contributed by atoms with van der Waals surface area (Å²) in [6, 6.07) is 39.5. The Morgan fingerprint density at radius 3 is 2.41 bits per heavy atom. The number of benzene rings is 3. The van der Waals surface area contributed by atoms with Crippen molar-refractivity contribution in [1.29, 1.82) is 0 Å². The average molecular weight is 658 g/mol. The molecule has 7 aromatic rings. The van der Waals surface area contributed by atoms with Crippen molar-refractivity contribution < 1.29 is 24.2 Å². The fraction of sp³-hybridized carbons (Fsp3) is 0.0312. The van der Waals surface area contributed by atoms with Crippen molar-refractivity contribution in [2.45, 2.75) is 6.85 Å². The van der Waals surface area contributed by atoms with Crippen LogP contribution in [0.15, 0.2) is 116 Å².